The quantitative estimate of drug-likeness (QED) is 0.767. The summed E-state index contributed by atoms with van der Waals surface area (Å²) in [6, 6.07) is 0. The van der Waals surface area contributed by atoms with Crippen molar-refractivity contribution in [2.45, 2.75) is 63.2 Å². The number of rotatable bonds is 6. The van der Waals surface area contributed by atoms with Gasteiger partial charge < -0.3 is 0 Å². The van der Waals surface area contributed by atoms with Crippen LogP contribution in [0.1, 0.15) is 52.4 Å². The van der Waals surface area contributed by atoms with Crippen LogP contribution in [0.5, 0.6) is 0 Å². The van der Waals surface area contributed by atoms with Gasteiger partial charge in [0, 0.05) is 10.9 Å². The molecule has 3 nitrogen and oxygen atoms in total. The van der Waals surface area contributed by atoms with E-state index in [9.17, 15) is 8.42 Å². The summed E-state index contributed by atoms with van der Waals surface area (Å²) in [5, 5.41) is 0.665. The van der Waals surface area contributed by atoms with Crippen LogP contribution in [-0.4, -0.2) is 24.5 Å². The summed E-state index contributed by atoms with van der Waals surface area (Å²) >= 11 is 3.38. The van der Waals surface area contributed by atoms with Gasteiger partial charge in [-0.2, -0.15) is 0 Å². The molecule has 0 amide bonds. The highest BCUT2D eigenvalue weighted by molar-refractivity contribution is 9.09. The molecule has 0 aliphatic heterocycles. The molecule has 0 aromatic carbocycles. The number of hydrogen-bond donors (Lipinski definition) is 1. The van der Waals surface area contributed by atoms with Gasteiger partial charge in [0.15, 0.2) is 0 Å². The zero-order chi connectivity index (χ0) is 12.2. The minimum Gasteiger partial charge on any atom is -0.212 e. The molecule has 0 bridgehead atoms. The van der Waals surface area contributed by atoms with Gasteiger partial charge in [0.2, 0.25) is 10.0 Å². The second kappa shape index (κ2) is 5.83. The van der Waals surface area contributed by atoms with E-state index in [2.05, 4.69) is 20.7 Å². The molecule has 0 saturated heterocycles. The SMILES string of the molecule is CCC(C)(CCBr)NS(=O)(=O)C1CCCC1. The Morgan fingerprint density at radius 3 is 2.38 bits per heavy atom. The molecule has 0 aromatic rings. The Kier molecular flexibility index (Phi) is 5.26. The molecule has 16 heavy (non-hydrogen) atoms. The number of hydrogen-bond acceptors (Lipinski definition) is 2. The number of alkyl halides is 1. The summed E-state index contributed by atoms with van der Waals surface area (Å²) in [4.78, 5) is 0. The Labute approximate surface area is 108 Å². The first kappa shape index (κ1) is 14.5. The molecule has 1 atom stereocenters. The van der Waals surface area contributed by atoms with Crippen LogP contribution in [0, 0.1) is 0 Å². The Bertz CT molecular complexity index is 312. The summed E-state index contributed by atoms with van der Waals surface area (Å²) in [5.41, 5.74) is -0.301. The van der Waals surface area contributed by atoms with E-state index in [0.717, 1.165) is 43.9 Å². The molecule has 1 N–H and O–H groups in total. The van der Waals surface area contributed by atoms with Crippen LogP contribution < -0.4 is 4.72 Å². The van der Waals surface area contributed by atoms with Gasteiger partial charge in [0.25, 0.3) is 0 Å². The molecule has 1 fully saturated rings. The summed E-state index contributed by atoms with van der Waals surface area (Å²) in [5.74, 6) is 0. The van der Waals surface area contributed by atoms with Gasteiger partial charge in [-0.05, 0) is 32.6 Å². The fourth-order valence-electron chi connectivity index (χ4n) is 2.13. The fourth-order valence-corrected chi connectivity index (χ4v) is 5.06. The number of nitrogens with one attached hydrogen (secondary N) is 1. The van der Waals surface area contributed by atoms with Crippen molar-refractivity contribution in [2.24, 2.45) is 0 Å². The van der Waals surface area contributed by atoms with Crippen molar-refractivity contribution in [2.75, 3.05) is 5.33 Å². The van der Waals surface area contributed by atoms with Crippen molar-refractivity contribution in [3.8, 4) is 0 Å². The average molecular weight is 312 g/mol. The first-order chi connectivity index (χ1) is 7.43. The van der Waals surface area contributed by atoms with Crippen LogP contribution in [0.25, 0.3) is 0 Å². The van der Waals surface area contributed by atoms with Gasteiger partial charge >= 0.3 is 0 Å². The predicted molar refractivity (Wildman–Crippen MR) is 71.4 cm³/mol. The number of sulfonamides is 1. The highest BCUT2D eigenvalue weighted by Gasteiger charge is 2.34. The molecular formula is C11H22BrNO2S. The van der Waals surface area contributed by atoms with E-state index in [1.807, 2.05) is 13.8 Å². The molecule has 1 aliphatic rings. The molecule has 1 saturated carbocycles. The normalized spacial score (nSPS) is 22.2. The maximum absolute atomic E-state index is 12.2. The zero-order valence-electron chi connectivity index (χ0n) is 10.1. The zero-order valence-corrected chi connectivity index (χ0v) is 12.5. The van der Waals surface area contributed by atoms with Gasteiger partial charge in [0.1, 0.15) is 0 Å². The first-order valence-electron chi connectivity index (χ1n) is 6.02. The molecule has 0 aromatic heterocycles. The third-order valence-corrected chi connectivity index (χ3v) is 6.08. The third-order valence-electron chi connectivity index (χ3n) is 3.56. The molecule has 0 heterocycles. The molecule has 1 unspecified atom stereocenters. The van der Waals surface area contributed by atoms with Crippen LogP contribution in [0.3, 0.4) is 0 Å². The lowest BCUT2D eigenvalue weighted by molar-refractivity contribution is 0.389. The Morgan fingerprint density at radius 1 is 1.38 bits per heavy atom. The summed E-state index contributed by atoms with van der Waals surface area (Å²) in [6.07, 6.45) is 5.40. The van der Waals surface area contributed by atoms with Gasteiger partial charge in [-0.25, -0.2) is 13.1 Å². The van der Waals surface area contributed by atoms with Crippen molar-refractivity contribution >= 4 is 26.0 Å². The van der Waals surface area contributed by atoms with Crippen LogP contribution in [0.4, 0.5) is 0 Å². The van der Waals surface area contributed by atoms with Crippen molar-refractivity contribution in [3.05, 3.63) is 0 Å². The second-order valence-corrected chi connectivity index (χ2v) is 7.66. The second-order valence-electron chi connectivity index (χ2n) is 4.91. The largest absolute Gasteiger partial charge is 0.214 e. The van der Waals surface area contributed by atoms with Crippen molar-refractivity contribution in [1.82, 2.24) is 4.72 Å². The lowest BCUT2D eigenvalue weighted by Gasteiger charge is -2.30. The molecule has 1 aliphatic carbocycles. The van der Waals surface area contributed by atoms with E-state index in [4.69, 9.17) is 0 Å². The van der Waals surface area contributed by atoms with Gasteiger partial charge in [-0.1, -0.05) is 35.7 Å². The van der Waals surface area contributed by atoms with Gasteiger partial charge in [-0.15, -0.1) is 0 Å². The smallest absolute Gasteiger partial charge is 0.212 e. The molecule has 5 heteroatoms. The van der Waals surface area contributed by atoms with E-state index < -0.39 is 10.0 Å². The predicted octanol–water partition coefficient (Wildman–Crippen LogP) is 2.80. The Morgan fingerprint density at radius 2 is 1.94 bits per heavy atom. The van der Waals surface area contributed by atoms with Crippen LogP contribution in [0.2, 0.25) is 0 Å². The van der Waals surface area contributed by atoms with Crippen molar-refractivity contribution < 1.29 is 8.42 Å². The molecule has 0 radical (unpaired) electrons. The van der Waals surface area contributed by atoms with Crippen molar-refractivity contribution in [3.63, 3.8) is 0 Å². The van der Waals surface area contributed by atoms with Gasteiger partial charge in [0.05, 0.1) is 5.25 Å². The maximum atomic E-state index is 12.2. The Balaban J connectivity index is 2.69. The van der Waals surface area contributed by atoms with Crippen LogP contribution in [-0.2, 0) is 10.0 Å². The monoisotopic (exact) mass is 311 g/mol. The Hall–Kier alpha value is 0.390. The van der Waals surface area contributed by atoms with Crippen LogP contribution in [0.15, 0.2) is 0 Å². The molecular weight excluding hydrogens is 290 g/mol. The minimum absolute atomic E-state index is 0.159. The molecule has 96 valence electrons. The van der Waals surface area contributed by atoms with E-state index in [-0.39, 0.29) is 10.8 Å². The maximum Gasteiger partial charge on any atom is 0.214 e. The lowest BCUT2D eigenvalue weighted by Crippen LogP contribution is -2.48. The fraction of sp³-hybridized carbons (Fsp3) is 1.00. The standard InChI is InChI=1S/C11H22BrNO2S/c1-3-11(2,8-9-12)13-16(14,15)10-6-4-5-7-10/h10,13H,3-9H2,1-2H3. The summed E-state index contributed by atoms with van der Waals surface area (Å²) in [6.45, 7) is 4.01. The molecule has 1 rings (SSSR count). The van der Waals surface area contributed by atoms with E-state index in [1.165, 1.54) is 0 Å². The molecule has 0 spiro atoms. The summed E-state index contributed by atoms with van der Waals surface area (Å²) < 4.78 is 27.2. The van der Waals surface area contributed by atoms with E-state index in [1.54, 1.807) is 0 Å². The highest BCUT2D eigenvalue weighted by Crippen LogP contribution is 2.26. The first-order valence-corrected chi connectivity index (χ1v) is 8.69. The highest BCUT2D eigenvalue weighted by atomic mass is 79.9. The van der Waals surface area contributed by atoms with E-state index in [0.29, 0.717) is 0 Å². The van der Waals surface area contributed by atoms with Crippen molar-refractivity contribution in [1.29, 1.82) is 0 Å². The topological polar surface area (TPSA) is 46.2 Å². The van der Waals surface area contributed by atoms with Crippen LogP contribution >= 0.6 is 15.9 Å². The van der Waals surface area contributed by atoms with Gasteiger partial charge in [-0.3, -0.25) is 0 Å². The summed E-state index contributed by atoms with van der Waals surface area (Å²) in [7, 11) is -3.12. The third kappa shape index (κ3) is 3.70. The van der Waals surface area contributed by atoms with E-state index >= 15 is 0 Å². The average Bonchev–Trinajstić information content (AvgIpc) is 2.70. The lowest BCUT2D eigenvalue weighted by atomic mass is 9.98. The minimum atomic E-state index is -3.12. The number of halogens is 1.